The molecule has 4 nitrogen and oxygen atoms in total. The highest BCUT2D eigenvalue weighted by Crippen LogP contribution is 2.26. The smallest absolute Gasteiger partial charge is 0.223 e. The highest BCUT2D eigenvalue weighted by atomic mass is 16.5. The number of ether oxygens (including phenoxy) is 1. The van der Waals surface area contributed by atoms with Crippen LogP contribution in [0.25, 0.3) is 0 Å². The van der Waals surface area contributed by atoms with Gasteiger partial charge >= 0.3 is 0 Å². The quantitative estimate of drug-likeness (QED) is 0.835. The van der Waals surface area contributed by atoms with Gasteiger partial charge in [0, 0.05) is 12.5 Å². The van der Waals surface area contributed by atoms with Crippen molar-refractivity contribution >= 4 is 5.91 Å². The van der Waals surface area contributed by atoms with Gasteiger partial charge in [-0.3, -0.25) is 4.79 Å². The molecule has 0 saturated heterocycles. The Kier molecular flexibility index (Phi) is 5.01. The first-order valence-corrected chi connectivity index (χ1v) is 7.22. The summed E-state index contributed by atoms with van der Waals surface area (Å²) in [5.41, 5.74) is 2.10. The van der Waals surface area contributed by atoms with Gasteiger partial charge in [-0.1, -0.05) is 24.6 Å². The van der Waals surface area contributed by atoms with Gasteiger partial charge < -0.3 is 15.2 Å². The van der Waals surface area contributed by atoms with E-state index in [9.17, 15) is 9.90 Å². The summed E-state index contributed by atoms with van der Waals surface area (Å²) in [5.74, 6) is 1.03. The molecule has 0 bridgehead atoms. The molecule has 4 heteroatoms. The molecule has 1 aliphatic carbocycles. The van der Waals surface area contributed by atoms with Crippen LogP contribution >= 0.6 is 0 Å². The van der Waals surface area contributed by atoms with Crippen molar-refractivity contribution in [2.24, 2.45) is 5.92 Å². The minimum absolute atomic E-state index is 0.0578. The van der Waals surface area contributed by atoms with Crippen LogP contribution in [-0.4, -0.2) is 30.3 Å². The first-order chi connectivity index (χ1) is 9.58. The van der Waals surface area contributed by atoms with Gasteiger partial charge in [-0.05, 0) is 37.8 Å². The number of rotatable bonds is 6. The van der Waals surface area contributed by atoms with Crippen molar-refractivity contribution < 1.29 is 14.6 Å². The van der Waals surface area contributed by atoms with E-state index in [2.05, 4.69) is 5.32 Å². The van der Waals surface area contributed by atoms with E-state index in [0.29, 0.717) is 0 Å². The first-order valence-electron chi connectivity index (χ1n) is 7.22. The Balaban J connectivity index is 1.74. The van der Waals surface area contributed by atoms with Crippen molar-refractivity contribution in [3.63, 3.8) is 0 Å². The van der Waals surface area contributed by atoms with E-state index in [1.165, 1.54) is 0 Å². The third-order valence-corrected chi connectivity index (χ3v) is 3.82. The highest BCUT2D eigenvalue weighted by molar-refractivity contribution is 5.79. The summed E-state index contributed by atoms with van der Waals surface area (Å²) in [6.07, 6.45) is 2.40. The van der Waals surface area contributed by atoms with Gasteiger partial charge in [0.25, 0.3) is 0 Å². The predicted octanol–water partition coefficient (Wildman–Crippen LogP) is 1.96. The Morgan fingerprint density at radius 1 is 1.40 bits per heavy atom. The summed E-state index contributed by atoms with van der Waals surface area (Å²) in [6, 6.07) is 5.94. The number of hydrogen-bond acceptors (Lipinski definition) is 3. The molecule has 1 fully saturated rings. The lowest BCUT2D eigenvalue weighted by Crippen LogP contribution is -2.40. The number of nitrogens with one attached hydrogen (secondary N) is 1. The van der Waals surface area contributed by atoms with Crippen molar-refractivity contribution in [2.45, 2.75) is 39.2 Å². The normalized spacial score (nSPS) is 16.4. The highest BCUT2D eigenvalue weighted by Gasteiger charge is 2.25. The van der Waals surface area contributed by atoms with Crippen LogP contribution in [0.1, 0.15) is 30.4 Å². The zero-order chi connectivity index (χ0) is 14.5. The topological polar surface area (TPSA) is 58.6 Å². The Hall–Kier alpha value is -1.55. The lowest BCUT2D eigenvalue weighted by molar-refractivity contribution is -0.127. The second-order valence-corrected chi connectivity index (χ2v) is 5.56. The zero-order valence-corrected chi connectivity index (χ0v) is 12.2. The molecule has 1 amide bonds. The van der Waals surface area contributed by atoms with Crippen LogP contribution in [0, 0.1) is 19.8 Å². The number of carbonyl (C=O) groups excluding carboxylic acids is 1. The first kappa shape index (κ1) is 14.9. The number of aryl methyl sites for hydroxylation is 2. The van der Waals surface area contributed by atoms with Crippen LogP contribution in [0.15, 0.2) is 18.2 Å². The van der Waals surface area contributed by atoms with Crippen LogP contribution in [0.3, 0.4) is 0 Å². The maximum absolute atomic E-state index is 11.6. The lowest BCUT2D eigenvalue weighted by Gasteiger charge is -2.24. The number of benzene rings is 1. The predicted molar refractivity (Wildman–Crippen MR) is 77.8 cm³/mol. The van der Waals surface area contributed by atoms with Gasteiger partial charge in [-0.25, -0.2) is 0 Å². The molecule has 0 aliphatic heterocycles. The monoisotopic (exact) mass is 277 g/mol. The molecular formula is C16H23NO3. The molecule has 0 spiro atoms. The van der Waals surface area contributed by atoms with Crippen molar-refractivity contribution in [3.05, 3.63) is 29.3 Å². The summed E-state index contributed by atoms with van der Waals surface area (Å²) < 4.78 is 5.66. The second kappa shape index (κ2) is 6.75. The fourth-order valence-electron chi connectivity index (χ4n) is 2.30. The molecule has 110 valence electrons. The number of aliphatic hydroxyl groups excluding tert-OH is 1. The molecule has 0 aromatic heterocycles. The van der Waals surface area contributed by atoms with E-state index in [1.54, 1.807) is 0 Å². The summed E-state index contributed by atoms with van der Waals surface area (Å²) >= 11 is 0. The fraction of sp³-hybridized carbons (Fsp3) is 0.562. The van der Waals surface area contributed by atoms with Gasteiger partial charge in [-0.2, -0.15) is 0 Å². The molecule has 1 atom stereocenters. The molecule has 1 aliphatic rings. The van der Waals surface area contributed by atoms with Crippen molar-refractivity contribution in [1.82, 2.24) is 5.32 Å². The van der Waals surface area contributed by atoms with Gasteiger partial charge in [0.2, 0.25) is 5.91 Å². The van der Waals surface area contributed by atoms with Gasteiger partial charge in [0.15, 0.2) is 0 Å². The molecule has 1 aromatic rings. The molecular weight excluding hydrogens is 254 g/mol. The summed E-state index contributed by atoms with van der Waals surface area (Å²) in [5, 5.41) is 12.7. The Morgan fingerprint density at radius 2 is 2.05 bits per heavy atom. The number of para-hydroxylation sites is 1. The molecule has 2 N–H and O–H groups in total. The van der Waals surface area contributed by atoms with E-state index < -0.39 is 6.10 Å². The van der Waals surface area contributed by atoms with Crippen LogP contribution in [0.2, 0.25) is 0 Å². The van der Waals surface area contributed by atoms with E-state index in [1.807, 2.05) is 32.0 Å². The Morgan fingerprint density at radius 3 is 2.60 bits per heavy atom. The molecule has 0 radical (unpaired) electrons. The zero-order valence-electron chi connectivity index (χ0n) is 12.2. The van der Waals surface area contributed by atoms with Gasteiger partial charge in [-0.15, -0.1) is 0 Å². The second-order valence-electron chi connectivity index (χ2n) is 5.56. The molecule has 0 unspecified atom stereocenters. The minimum atomic E-state index is -0.682. The third kappa shape index (κ3) is 3.73. The summed E-state index contributed by atoms with van der Waals surface area (Å²) in [4.78, 5) is 11.6. The van der Waals surface area contributed by atoms with E-state index in [4.69, 9.17) is 4.74 Å². The molecule has 2 rings (SSSR count). The maximum atomic E-state index is 11.6. The van der Waals surface area contributed by atoms with E-state index in [-0.39, 0.29) is 25.0 Å². The molecule has 20 heavy (non-hydrogen) atoms. The van der Waals surface area contributed by atoms with Crippen LogP contribution < -0.4 is 10.1 Å². The van der Waals surface area contributed by atoms with Gasteiger partial charge in [0.05, 0.1) is 0 Å². The van der Waals surface area contributed by atoms with Crippen molar-refractivity contribution in [2.75, 3.05) is 13.2 Å². The number of hydrogen-bond donors (Lipinski definition) is 2. The third-order valence-electron chi connectivity index (χ3n) is 3.82. The van der Waals surface area contributed by atoms with Crippen molar-refractivity contribution in [1.29, 1.82) is 0 Å². The summed E-state index contributed by atoms with van der Waals surface area (Å²) in [6.45, 7) is 4.40. The SMILES string of the molecule is Cc1cccc(C)c1OC[C@H](O)CNC(=O)C1CCC1. The largest absolute Gasteiger partial charge is 0.490 e. The van der Waals surface area contributed by atoms with Crippen molar-refractivity contribution in [3.8, 4) is 5.75 Å². The maximum Gasteiger partial charge on any atom is 0.223 e. The van der Waals surface area contributed by atoms with E-state index >= 15 is 0 Å². The van der Waals surface area contributed by atoms with E-state index in [0.717, 1.165) is 36.1 Å². The number of carbonyl (C=O) groups is 1. The lowest BCUT2D eigenvalue weighted by atomic mass is 9.85. The van der Waals surface area contributed by atoms with Crippen LogP contribution in [0.4, 0.5) is 0 Å². The number of aliphatic hydroxyl groups is 1. The summed E-state index contributed by atoms with van der Waals surface area (Å²) in [7, 11) is 0. The molecule has 0 heterocycles. The molecule has 1 saturated carbocycles. The van der Waals surface area contributed by atoms with Crippen LogP contribution in [0.5, 0.6) is 5.75 Å². The minimum Gasteiger partial charge on any atom is -0.490 e. The van der Waals surface area contributed by atoms with Crippen LogP contribution in [-0.2, 0) is 4.79 Å². The Bertz CT molecular complexity index is 449. The van der Waals surface area contributed by atoms with Gasteiger partial charge in [0.1, 0.15) is 18.5 Å². The fourth-order valence-corrected chi connectivity index (χ4v) is 2.30. The average Bonchev–Trinajstić information content (AvgIpc) is 2.33. The standard InChI is InChI=1S/C16H23NO3/c1-11-5-3-6-12(2)15(11)20-10-14(18)9-17-16(19)13-7-4-8-13/h3,5-6,13-14,18H,4,7-10H2,1-2H3,(H,17,19)/t14-/m1/s1. The average molecular weight is 277 g/mol. The number of amides is 1. The molecule has 1 aromatic carbocycles. The Labute approximate surface area is 120 Å².